The van der Waals surface area contributed by atoms with Crippen molar-refractivity contribution in [3.8, 4) is 0 Å². The number of nitrogens with one attached hydrogen (secondary N) is 2. The minimum absolute atomic E-state index is 0.0989. The highest BCUT2D eigenvalue weighted by atomic mass is 19.1. The maximum absolute atomic E-state index is 13.6. The molecule has 0 aliphatic carbocycles. The zero-order valence-corrected chi connectivity index (χ0v) is 10.9. The number of carbonyl (C=O) groups is 1. The molecule has 1 aliphatic rings. The summed E-state index contributed by atoms with van der Waals surface area (Å²) in [5.41, 5.74) is 0.339. The van der Waals surface area contributed by atoms with Crippen LogP contribution in [-0.4, -0.2) is 43.4 Å². The van der Waals surface area contributed by atoms with E-state index in [2.05, 4.69) is 10.6 Å². The van der Waals surface area contributed by atoms with Gasteiger partial charge in [0.1, 0.15) is 11.6 Å². The largest absolute Gasteiger partial charge is 0.395 e. The van der Waals surface area contributed by atoms with E-state index in [9.17, 15) is 13.6 Å². The molecule has 1 aliphatic heterocycles. The Morgan fingerprint density at radius 2 is 2.25 bits per heavy atom. The third kappa shape index (κ3) is 3.57. The van der Waals surface area contributed by atoms with Crippen molar-refractivity contribution < 1.29 is 18.7 Å². The molecular formula is C13H17F2N3O2. The van der Waals surface area contributed by atoms with Crippen LogP contribution in [0.25, 0.3) is 0 Å². The monoisotopic (exact) mass is 285 g/mol. The molecule has 3 N–H and O–H groups in total. The van der Waals surface area contributed by atoms with Gasteiger partial charge in [-0.2, -0.15) is 0 Å². The second-order valence-corrected chi connectivity index (χ2v) is 4.65. The van der Waals surface area contributed by atoms with E-state index in [1.807, 2.05) is 0 Å². The molecular weight excluding hydrogens is 268 g/mol. The summed E-state index contributed by atoms with van der Waals surface area (Å²) in [6.07, 6.45) is 0.684. The Balaban J connectivity index is 1.90. The summed E-state index contributed by atoms with van der Waals surface area (Å²) in [5.74, 6) is -1.21. The first-order chi connectivity index (χ1) is 9.60. The number of carbonyl (C=O) groups excluding carboxylic acids is 1. The van der Waals surface area contributed by atoms with E-state index in [1.165, 1.54) is 12.1 Å². The van der Waals surface area contributed by atoms with E-state index < -0.39 is 11.6 Å². The summed E-state index contributed by atoms with van der Waals surface area (Å²) in [5, 5.41) is 13.8. The van der Waals surface area contributed by atoms with E-state index in [1.54, 1.807) is 4.90 Å². The summed E-state index contributed by atoms with van der Waals surface area (Å²) in [7, 11) is 0. The van der Waals surface area contributed by atoms with Gasteiger partial charge in [0.25, 0.3) is 0 Å². The summed E-state index contributed by atoms with van der Waals surface area (Å²) in [4.78, 5) is 13.2. The normalized spacial score (nSPS) is 18.1. The lowest BCUT2D eigenvalue weighted by Crippen LogP contribution is -2.44. The molecule has 20 heavy (non-hydrogen) atoms. The Hall–Kier alpha value is -1.89. The molecule has 0 unspecified atom stereocenters. The van der Waals surface area contributed by atoms with Crippen molar-refractivity contribution in [2.24, 2.45) is 0 Å². The molecule has 0 bridgehead atoms. The number of aliphatic hydroxyl groups excluding tert-OH is 1. The fraction of sp³-hybridized carbons (Fsp3) is 0.462. The third-order valence-corrected chi connectivity index (χ3v) is 3.17. The Labute approximate surface area is 115 Å². The molecule has 110 valence electrons. The van der Waals surface area contributed by atoms with E-state index >= 15 is 0 Å². The number of hydrogen-bond donors (Lipinski definition) is 3. The number of anilines is 1. The lowest BCUT2D eigenvalue weighted by atomic mass is 10.2. The first-order valence-corrected chi connectivity index (χ1v) is 6.45. The van der Waals surface area contributed by atoms with Crippen LogP contribution in [0.4, 0.5) is 19.3 Å². The molecule has 1 aromatic carbocycles. The van der Waals surface area contributed by atoms with Crippen LogP contribution in [-0.2, 0) is 0 Å². The molecule has 0 spiro atoms. The van der Waals surface area contributed by atoms with Gasteiger partial charge in [-0.1, -0.05) is 0 Å². The average Bonchev–Trinajstić information content (AvgIpc) is 2.84. The van der Waals surface area contributed by atoms with Crippen LogP contribution in [0.1, 0.15) is 6.42 Å². The molecule has 1 heterocycles. The minimum Gasteiger partial charge on any atom is -0.395 e. The van der Waals surface area contributed by atoms with Gasteiger partial charge in [-0.25, -0.2) is 13.6 Å². The van der Waals surface area contributed by atoms with Gasteiger partial charge >= 0.3 is 6.03 Å². The van der Waals surface area contributed by atoms with Gasteiger partial charge in [0.05, 0.1) is 12.3 Å². The van der Waals surface area contributed by atoms with Crippen molar-refractivity contribution in [1.29, 1.82) is 0 Å². The van der Waals surface area contributed by atoms with Gasteiger partial charge in [0.15, 0.2) is 0 Å². The first-order valence-electron chi connectivity index (χ1n) is 6.45. The average molecular weight is 285 g/mol. The molecule has 0 aromatic heterocycles. The van der Waals surface area contributed by atoms with Gasteiger partial charge in [0.2, 0.25) is 0 Å². The summed E-state index contributed by atoms with van der Waals surface area (Å²) >= 11 is 0. The van der Waals surface area contributed by atoms with E-state index in [4.69, 9.17) is 5.11 Å². The van der Waals surface area contributed by atoms with Crippen LogP contribution < -0.4 is 15.5 Å². The molecule has 0 saturated carbocycles. The highest BCUT2D eigenvalue weighted by Crippen LogP contribution is 2.24. The zero-order valence-electron chi connectivity index (χ0n) is 10.9. The van der Waals surface area contributed by atoms with E-state index in [0.717, 1.165) is 6.07 Å². The molecule has 1 fully saturated rings. The number of amides is 2. The third-order valence-electron chi connectivity index (χ3n) is 3.17. The summed E-state index contributed by atoms with van der Waals surface area (Å²) in [6.45, 7) is 1.13. The van der Waals surface area contributed by atoms with Crippen LogP contribution in [0, 0.1) is 11.6 Å². The molecule has 2 rings (SSSR count). The Bertz CT molecular complexity index is 485. The minimum atomic E-state index is -0.608. The smallest absolute Gasteiger partial charge is 0.315 e. The van der Waals surface area contributed by atoms with E-state index in [-0.39, 0.29) is 25.2 Å². The van der Waals surface area contributed by atoms with Crippen molar-refractivity contribution in [1.82, 2.24) is 10.6 Å². The topological polar surface area (TPSA) is 64.6 Å². The maximum atomic E-state index is 13.6. The van der Waals surface area contributed by atoms with Crippen molar-refractivity contribution in [3.05, 3.63) is 29.8 Å². The molecule has 5 nitrogen and oxygen atoms in total. The lowest BCUT2D eigenvalue weighted by molar-refractivity contribution is 0.231. The number of nitrogens with zero attached hydrogens (tertiary/aromatic N) is 1. The summed E-state index contributed by atoms with van der Waals surface area (Å²) in [6, 6.07) is 3.01. The number of hydrogen-bond acceptors (Lipinski definition) is 3. The predicted molar refractivity (Wildman–Crippen MR) is 70.6 cm³/mol. The van der Waals surface area contributed by atoms with Crippen molar-refractivity contribution >= 4 is 11.7 Å². The Morgan fingerprint density at radius 3 is 2.95 bits per heavy atom. The lowest BCUT2D eigenvalue weighted by Gasteiger charge is -2.19. The first kappa shape index (κ1) is 14.5. The quantitative estimate of drug-likeness (QED) is 0.768. The van der Waals surface area contributed by atoms with Crippen LogP contribution >= 0.6 is 0 Å². The number of aliphatic hydroxyl groups is 1. The van der Waals surface area contributed by atoms with Crippen LogP contribution in [0.2, 0.25) is 0 Å². The predicted octanol–water partition coefficient (Wildman–Crippen LogP) is 0.835. The van der Waals surface area contributed by atoms with Crippen molar-refractivity contribution in [2.75, 3.05) is 31.1 Å². The zero-order chi connectivity index (χ0) is 14.5. The van der Waals surface area contributed by atoms with Crippen molar-refractivity contribution in [2.45, 2.75) is 12.5 Å². The number of rotatable bonds is 4. The second-order valence-electron chi connectivity index (χ2n) is 4.65. The standard InChI is InChI=1S/C13H17F2N3O2/c14-9-1-2-12(11(15)7-9)18-5-3-10(8-18)17-13(20)16-4-6-19/h1-2,7,10,19H,3-6,8H2,(H2,16,17,20)/t10-/m1/s1. The summed E-state index contributed by atoms with van der Waals surface area (Å²) < 4.78 is 26.5. The van der Waals surface area contributed by atoms with E-state index in [0.29, 0.717) is 25.2 Å². The fourth-order valence-electron chi connectivity index (χ4n) is 2.24. The van der Waals surface area contributed by atoms with Crippen LogP contribution in [0.5, 0.6) is 0 Å². The van der Waals surface area contributed by atoms with Crippen molar-refractivity contribution in [3.63, 3.8) is 0 Å². The van der Waals surface area contributed by atoms with Gasteiger partial charge in [-0.05, 0) is 18.6 Å². The highest BCUT2D eigenvalue weighted by Gasteiger charge is 2.25. The number of urea groups is 1. The highest BCUT2D eigenvalue weighted by molar-refractivity contribution is 5.74. The molecule has 2 amide bonds. The molecule has 1 atom stereocenters. The van der Waals surface area contributed by atoms with Gasteiger partial charge < -0.3 is 20.6 Å². The molecule has 7 heteroatoms. The molecule has 1 aromatic rings. The molecule has 1 saturated heterocycles. The van der Waals surface area contributed by atoms with Crippen LogP contribution in [0.15, 0.2) is 18.2 Å². The Morgan fingerprint density at radius 1 is 1.45 bits per heavy atom. The van der Waals surface area contributed by atoms with Gasteiger partial charge in [0, 0.05) is 31.7 Å². The van der Waals surface area contributed by atoms with Gasteiger partial charge in [-0.3, -0.25) is 0 Å². The fourth-order valence-corrected chi connectivity index (χ4v) is 2.24. The molecule has 0 radical (unpaired) electrons. The maximum Gasteiger partial charge on any atom is 0.315 e. The van der Waals surface area contributed by atoms with Crippen LogP contribution in [0.3, 0.4) is 0 Å². The number of benzene rings is 1. The number of halogens is 2. The van der Waals surface area contributed by atoms with Gasteiger partial charge in [-0.15, -0.1) is 0 Å². The SMILES string of the molecule is O=C(NCCO)N[C@@H]1CCN(c2ccc(F)cc2F)C1. The Kier molecular flexibility index (Phi) is 4.73. The second kappa shape index (κ2) is 6.51.